The van der Waals surface area contributed by atoms with Crippen molar-refractivity contribution in [2.45, 2.75) is 32.2 Å². The minimum absolute atomic E-state index is 0.440. The first kappa shape index (κ1) is 15.6. The van der Waals surface area contributed by atoms with Gasteiger partial charge in [-0.1, -0.05) is 22.9 Å². The van der Waals surface area contributed by atoms with Crippen LogP contribution in [0.5, 0.6) is 0 Å². The maximum absolute atomic E-state index is 4.63. The Morgan fingerprint density at radius 1 is 1.12 bits per heavy atom. The van der Waals surface area contributed by atoms with E-state index in [-0.39, 0.29) is 0 Å². The third kappa shape index (κ3) is 2.90. The number of aromatic nitrogens is 4. The largest absolute Gasteiger partial charge is 0.341 e. The van der Waals surface area contributed by atoms with E-state index in [1.54, 1.807) is 0 Å². The van der Waals surface area contributed by atoms with Gasteiger partial charge in [0.05, 0.1) is 17.8 Å². The first-order chi connectivity index (χ1) is 11.7. The summed E-state index contributed by atoms with van der Waals surface area (Å²) < 4.78 is 3.28. The average Bonchev–Trinajstić information content (AvgIpc) is 3.05. The van der Waals surface area contributed by atoms with Gasteiger partial charge in [0.15, 0.2) is 0 Å². The van der Waals surface area contributed by atoms with Crippen molar-refractivity contribution in [3.8, 4) is 0 Å². The number of anilines is 1. The van der Waals surface area contributed by atoms with Gasteiger partial charge in [0.2, 0.25) is 5.95 Å². The van der Waals surface area contributed by atoms with Crippen LogP contribution in [0.4, 0.5) is 5.95 Å². The third-order valence-corrected chi connectivity index (χ3v) is 5.24. The summed E-state index contributed by atoms with van der Waals surface area (Å²) in [6, 6.07) is 6.79. The van der Waals surface area contributed by atoms with Crippen LogP contribution in [0, 0.1) is 0 Å². The monoisotopic (exact) mass is 385 g/mol. The summed E-state index contributed by atoms with van der Waals surface area (Å²) in [6.45, 7) is 4.05. The number of piperidine rings is 1. The van der Waals surface area contributed by atoms with Crippen LogP contribution in [-0.4, -0.2) is 32.8 Å². The molecule has 0 saturated carbocycles. The predicted octanol–water partition coefficient (Wildman–Crippen LogP) is 3.99. The van der Waals surface area contributed by atoms with Crippen LogP contribution in [-0.2, 0) is 6.42 Å². The Kier molecular flexibility index (Phi) is 4.22. The fraction of sp³-hybridized carbons (Fsp3) is 0.389. The molecule has 6 heteroatoms. The highest BCUT2D eigenvalue weighted by atomic mass is 79.9. The lowest BCUT2D eigenvalue weighted by Gasteiger charge is -2.32. The van der Waals surface area contributed by atoms with Crippen LogP contribution in [0.25, 0.3) is 10.9 Å². The Labute approximate surface area is 149 Å². The van der Waals surface area contributed by atoms with Crippen molar-refractivity contribution in [3.63, 3.8) is 0 Å². The molecule has 1 saturated heterocycles. The number of aryl methyl sites for hydroxylation is 1. The summed E-state index contributed by atoms with van der Waals surface area (Å²) in [4.78, 5) is 11.3. The van der Waals surface area contributed by atoms with E-state index in [1.165, 1.54) is 16.5 Å². The van der Waals surface area contributed by atoms with E-state index >= 15 is 0 Å². The molecule has 3 heterocycles. The molecule has 1 aliphatic rings. The van der Waals surface area contributed by atoms with Gasteiger partial charge in [-0.05, 0) is 43.0 Å². The fourth-order valence-corrected chi connectivity index (χ4v) is 3.70. The first-order valence-corrected chi connectivity index (χ1v) is 9.22. The minimum atomic E-state index is 0.440. The van der Waals surface area contributed by atoms with Crippen LogP contribution >= 0.6 is 15.9 Å². The predicted molar refractivity (Wildman–Crippen MR) is 99.3 cm³/mol. The van der Waals surface area contributed by atoms with Crippen molar-refractivity contribution in [2.75, 3.05) is 18.0 Å². The number of hydrogen-bond acceptors (Lipinski definition) is 4. The highest BCUT2D eigenvalue weighted by Gasteiger charge is 2.23. The molecule has 5 nitrogen and oxygen atoms in total. The first-order valence-electron chi connectivity index (χ1n) is 8.43. The molecule has 0 atom stereocenters. The molecule has 0 unspecified atom stereocenters. The molecule has 3 aromatic rings. The second-order valence-corrected chi connectivity index (χ2v) is 7.17. The van der Waals surface area contributed by atoms with Crippen molar-refractivity contribution < 1.29 is 0 Å². The Morgan fingerprint density at radius 3 is 2.58 bits per heavy atom. The standard InChI is InChI=1S/C18H20BrN5/c1-2-13-10-20-18(21-11-13)23-7-5-16(6-8-23)24-17-4-3-15(19)9-14(17)12-22-24/h3-4,9-12,16H,2,5-8H2,1H3. The molecule has 0 amide bonds. The summed E-state index contributed by atoms with van der Waals surface area (Å²) >= 11 is 3.52. The van der Waals surface area contributed by atoms with Crippen molar-refractivity contribution in [1.82, 2.24) is 19.7 Å². The quantitative estimate of drug-likeness (QED) is 0.683. The van der Waals surface area contributed by atoms with E-state index in [9.17, 15) is 0 Å². The second-order valence-electron chi connectivity index (χ2n) is 6.26. The van der Waals surface area contributed by atoms with Gasteiger partial charge >= 0.3 is 0 Å². The van der Waals surface area contributed by atoms with Crippen LogP contribution in [0.15, 0.2) is 41.3 Å². The number of benzene rings is 1. The summed E-state index contributed by atoms with van der Waals surface area (Å²) in [5.41, 5.74) is 2.39. The van der Waals surface area contributed by atoms with Gasteiger partial charge < -0.3 is 4.90 Å². The Bertz CT molecular complexity index is 834. The van der Waals surface area contributed by atoms with Crippen molar-refractivity contribution in [3.05, 3.63) is 46.8 Å². The molecule has 24 heavy (non-hydrogen) atoms. The summed E-state index contributed by atoms with van der Waals surface area (Å²) in [6.07, 6.45) is 8.93. The lowest BCUT2D eigenvalue weighted by atomic mass is 10.1. The molecule has 4 rings (SSSR count). The third-order valence-electron chi connectivity index (χ3n) is 4.75. The van der Waals surface area contributed by atoms with E-state index in [2.05, 4.69) is 65.7 Å². The molecule has 2 aromatic heterocycles. The highest BCUT2D eigenvalue weighted by Crippen LogP contribution is 2.28. The lowest BCUT2D eigenvalue weighted by molar-refractivity contribution is 0.374. The molecule has 0 radical (unpaired) electrons. The van der Waals surface area contributed by atoms with Gasteiger partial charge in [-0.2, -0.15) is 5.10 Å². The number of hydrogen-bond donors (Lipinski definition) is 0. The SMILES string of the molecule is CCc1cnc(N2CCC(n3ncc4cc(Br)ccc43)CC2)nc1. The fourth-order valence-electron chi connectivity index (χ4n) is 3.32. The Hall–Kier alpha value is -1.95. The normalized spacial score (nSPS) is 16.0. The van der Waals surface area contributed by atoms with Crippen LogP contribution in [0.2, 0.25) is 0 Å². The van der Waals surface area contributed by atoms with E-state index in [1.807, 2.05) is 18.6 Å². The zero-order valence-electron chi connectivity index (χ0n) is 13.7. The second kappa shape index (κ2) is 6.51. The molecule has 1 aromatic carbocycles. The lowest BCUT2D eigenvalue weighted by Crippen LogP contribution is -2.36. The molecule has 1 fully saturated rings. The van der Waals surface area contributed by atoms with Crippen LogP contribution < -0.4 is 4.90 Å². The summed E-state index contributed by atoms with van der Waals surface area (Å²) in [5.74, 6) is 0.847. The van der Waals surface area contributed by atoms with E-state index < -0.39 is 0 Å². The number of rotatable bonds is 3. The van der Waals surface area contributed by atoms with Crippen LogP contribution in [0.3, 0.4) is 0 Å². The van der Waals surface area contributed by atoms with Gasteiger partial charge in [-0.25, -0.2) is 9.97 Å². The number of nitrogens with zero attached hydrogens (tertiary/aromatic N) is 5. The van der Waals surface area contributed by atoms with E-state index in [0.717, 1.165) is 42.8 Å². The van der Waals surface area contributed by atoms with Gasteiger partial charge in [0, 0.05) is 35.3 Å². The zero-order valence-corrected chi connectivity index (χ0v) is 15.3. The van der Waals surface area contributed by atoms with Crippen molar-refractivity contribution >= 4 is 32.8 Å². The summed E-state index contributed by atoms with van der Waals surface area (Å²) in [5, 5.41) is 5.81. The topological polar surface area (TPSA) is 46.8 Å². The molecular formula is C18H20BrN5. The maximum Gasteiger partial charge on any atom is 0.225 e. The Morgan fingerprint density at radius 2 is 1.88 bits per heavy atom. The highest BCUT2D eigenvalue weighted by molar-refractivity contribution is 9.10. The molecule has 0 spiro atoms. The van der Waals surface area contributed by atoms with Gasteiger partial charge in [0.25, 0.3) is 0 Å². The van der Waals surface area contributed by atoms with Crippen LogP contribution in [0.1, 0.15) is 31.4 Å². The Balaban J connectivity index is 1.48. The molecule has 0 aliphatic carbocycles. The average molecular weight is 386 g/mol. The van der Waals surface area contributed by atoms with Gasteiger partial charge in [0.1, 0.15) is 0 Å². The minimum Gasteiger partial charge on any atom is -0.341 e. The maximum atomic E-state index is 4.63. The van der Waals surface area contributed by atoms with Crippen molar-refractivity contribution in [1.29, 1.82) is 0 Å². The summed E-state index contributed by atoms with van der Waals surface area (Å²) in [7, 11) is 0. The van der Waals surface area contributed by atoms with Crippen molar-refractivity contribution in [2.24, 2.45) is 0 Å². The molecule has 0 bridgehead atoms. The van der Waals surface area contributed by atoms with Gasteiger partial charge in [-0.15, -0.1) is 0 Å². The molecule has 0 N–H and O–H groups in total. The zero-order chi connectivity index (χ0) is 16.5. The van der Waals surface area contributed by atoms with E-state index in [0.29, 0.717) is 6.04 Å². The molecule has 124 valence electrons. The smallest absolute Gasteiger partial charge is 0.225 e. The van der Waals surface area contributed by atoms with Gasteiger partial charge in [-0.3, -0.25) is 4.68 Å². The molecular weight excluding hydrogens is 366 g/mol. The number of halogens is 1. The number of fused-ring (bicyclic) bond motifs is 1. The van der Waals surface area contributed by atoms with E-state index in [4.69, 9.17) is 0 Å². The molecule has 1 aliphatic heterocycles.